The molecule has 2 nitrogen and oxygen atoms in total. The molecule has 1 saturated carbocycles. The van der Waals surface area contributed by atoms with Crippen molar-refractivity contribution < 1.29 is 26.2 Å². The fourth-order valence-electron chi connectivity index (χ4n) is 9.18. The molecule has 2 aliphatic heterocycles. The lowest BCUT2D eigenvalue weighted by Crippen LogP contribution is -3.00. The van der Waals surface area contributed by atoms with Crippen LogP contribution in [0.1, 0.15) is 70.4 Å². The van der Waals surface area contributed by atoms with Crippen LogP contribution in [0.5, 0.6) is 0 Å². The Morgan fingerprint density at radius 3 is 2.46 bits per heavy atom. The van der Waals surface area contributed by atoms with Gasteiger partial charge in [0.05, 0.1) is 12.5 Å². The van der Waals surface area contributed by atoms with Crippen molar-refractivity contribution in [2.75, 3.05) is 19.7 Å². The zero-order valence-electron chi connectivity index (χ0n) is 23.0. The average molecular weight is 563 g/mol. The molecule has 2 heterocycles. The average Bonchev–Trinajstić information content (AvgIpc) is 3.44. The van der Waals surface area contributed by atoms with Crippen LogP contribution in [-0.2, 0) is 16.9 Å². The summed E-state index contributed by atoms with van der Waals surface area (Å²) in [5.41, 5.74) is 3.02. The van der Waals surface area contributed by atoms with E-state index in [1.807, 2.05) is 0 Å². The van der Waals surface area contributed by atoms with Crippen LogP contribution < -0.4 is 17.0 Å². The lowest BCUT2D eigenvalue weighted by atomic mass is 9.73. The minimum Gasteiger partial charge on any atom is -1.00 e. The number of fused-ring (bicyclic) bond motifs is 1. The highest BCUT2D eigenvalue weighted by atomic mass is 79.9. The van der Waals surface area contributed by atoms with E-state index in [-0.39, 0.29) is 28.1 Å². The van der Waals surface area contributed by atoms with E-state index in [9.17, 15) is 0 Å². The van der Waals surface area contributed by atoms with E-state index in [0.717, 1.165) is 31.5 Å². The van der Waals surface area contributed by atoms with Gasteiger partial charge in [-0.2, -0.15) is 0 Å². The van der Waals surface area contributed by atoms with Crippen LogP contribution in [0, 0.1) is 17.8 Å². The summed E-state index contributed by atoms with van der Waals surface area (Å²) in [5, 5.41) is 2.80. The van der Waals surface area contributed by atoms with Gasteiger partial charge in [-0.15, -0.1) is 0 Å². The summed E-state index contributed by atoms with van der Waals surface area (Å²) < 4.78 is 8.41. The number of hydrogen-bond acceptors (Lipinski definition) is 1. The monoisotopic (exact) mass is 561 g/mol. The summed E-state index contributed by atoms with van der Waals surface area (Å²) in [7, 11) is 0. The molecule has 1 aliphatic carbocycles. The molecule has 6 rings (SSSR count). The van der Waals surface area contributed by atoms with Crippen LogP contribution in [-0.4, -0.2) is 29.7 Å². The van der Waals surface area contributed by atoms with Gasteiger partial charge in [0.15, 0.2) is 5.60 Å². The van der Waals surface area contributed by atoms with Gasteiger partial charge in [-0.3, -0.25) is 0 Å². The molecule has 0 amide bonds. The Bertz CT molecular complexity index is 1210. The summed E-state index contributed by atoms with van der Waals surface area (Å²) >= 11 is 0. The Balaban J connectivity index is 0.00000280. The van der Waals surface area contributed by atoms with E-state index in [1.54, 1.807) is 0 Å². The van der Waals surface area contributed by atoms with Crippen LogP contribution in [0.2, 0.25) is 0 Å². The maximum atomic E-state index is 7.22. The van der Waals surface area contributed by atoms with Gasteiger partial charge in [0, 0.05) is 24.0 Å². The van der Waals surface area contributed by atoms with Crippen LogP contribution in [0.4, 0.5) is 0 Å². The van der Waals surface area contributed by atoms with Gasteiger partial charge in [0.25, 0.3) is 0 Å². The first-order valence-corrected chi connectivity index (χ1v) is 14.6. The third kappa shape index (κ3) is 4.12. The third-order valence-electron chi connectivity index (χ3n) is 10.6. The predicted octanol–water partition coefficient (Wildman–Crippen LogP) is 5.10. The van der Waals surface area contributed by atoms with Crippen molar-refractivity contribution >= 4 is 10.8 Å². The van der Waals surface area contributed by atoms with Crippen molar-refractivity contribution in [3.8, 4) is 0 Å². The molecule has 37 heavy (non-hydrogen) atoms. The van der Waals surface area contributed by atoms with Gasteiger partial charge < -0.3 is 26.2 Å². The maximum absolute atomic E-state index is 7.22. The number of hydrogen-bond donors (Lipinski definition) is 0. The second-order valence-corrected chi connectivity index (χ2v) is 12.4. The molecule has 0 bridgehead atoms. The van der Waals surface area contributed by atoms with Crippen molar-refractivity contribution in [1.29, 1.82) is 0 Å². The highest BCUT2D eigenvalue weighted by Gasteiger charge is 2.78. The lowest BCUT2D eigenvalue weighted by Gasteiger charge is -2.44. The first kappa shape index (κ1) is 26.9. The fourth-order valence-corrected chi connectivity index (χ4v) is 9.18. The van der Waals surface area contributed by atoms with Gasteiger partial charge in [0.1, 0.15) is 18.6 Å². The Morgan fingerprint density at radius 2 is 1.65 bits per heavy atom. The van der Waals surface area contributed by atoms with Crippen molar-refractivity contribution in [3.05, 3.63) is 83.9 Å². The molecule has 3 aromatic carbocycles. The minimum atomic E-state index is -0.179. The van der Waals surface area contributed by atoms with Crippen molar-refractivity contribution in [2.45, 2.75) is 77.0 Å². The number of unbranched alkanes of at least 4 members (excludes halogenated alkanes) is 3. The number of rotatable bonds is 9. The summed E-state index contributed by atoms with van der Waals surface area (Å²) in [4.78, 5) is 0. The summed E-state index contributed by atoms with van der Waals surface area (Å²) in [5.74, 6) is 2.13. The molecule has 3 fully saturated rings. The molecule has 0 radical (unpaired) electrons. The van der Waals surface area contributed by atoms with Crippen LogP contribution in [0.25, 0.3) is 10.8 Å². The second-order valence-electron chi connectivity index (χ2n) is 12.4. The Morgan fingerprint density at radius 1 is 0.892 bits per heavy atom. The van der Waals surface area contributed by atoms with Crippen molar-refractivity contribution in [1.82, 2.24) is 0 Å². The summed E-state index contributed by atoms with van der Waals surface area (Å²) in [6, 6.07) is 27.3. The molecule has 3 aromatic rings. The highest BCUT2D eigenvalue weighted by Crippen LogP contribution is 2.68. The van der Waals surface area contributed by atoms with Crippen molar-refractivity contribution in [3.63, 3.8) is 0 Å². The van der Waals surface area contributed by atoms with E-state index >= 15 is 0 Å². The largest absolute Gasteiger partial charge is 1.00 e. The van der Waals surface area contributed by atoms with Gasteiger partial charge in [-0.05, 0) is 42.5 Å². The Labute approximate surface area is 234 Å². The molecule has 0 aromatic heterocycles. The Hall–Kier alpha value is -1.68. The van der Waals surface area contributed by atoms with Gasteiger partial charge >= 0.3 is 0 Å². The fraction of sp³-hybridized carbons (Fsp3) is 0.529. The molecule has 3 heteroatoms. The van der Waals surface area contributed by atoms with Gasteiger partial charge in [-0.1, -0.05) is 106 Å². The first-order valence-electron chi connectivity index (χ1n) is 14.6. The maximum Gasteiger partial charge on any atom is 0.150 e. The zero-order valence-corrected chi connectivity index (χ0v) is 24.6. The number of ether oxygens (including phenoxy) is 1. The van der Waals surface area contributed by atoms with E-state index in [4.69, 9.17) is 4.74 Å². The molecule has 2 saturated heterocycles. The SMILES string of the molecule is CCCCCCO[C@]1(c2ccccc2)C[N@+]2(Cc3cccc4ccccc34)C[C@@H](C)[C@@H]3CC[C@H]1[C@@]32C.[Br-]. The minimum absolute atomic E-state index is 0. The summed E-state index contributed by atoms with van der Waals surface area (Å²) in [6.07, 6.45) is 7.68. The molecule has 0 spiro atoms. The normalized spacial score (nSPS) is 34.0. The number of benzene rings is 3. The van der Waals surface area contributed by atoms with Gasteiger partial charge in [-0.25, -0.2) is 0 Å². The summed E-state index contributed by atoms with van der Waals surface area (Å²) in [6.45, 7) is 11.9. The second kappa shape index (κ2) is 10.5. The smallest absolute Gasteiger partial charge is 0.150 e. The highest BCUT2D eigenvalue weighted by molar-refractivity contribution is 5.85. The number of quaternary nitrogens is 1. The van der Waals surface area contributed by atoms with Crippen LogP contribution >= 0.6 is 0 Å². The van der Waals surface area contributed by atoms with Gasteiger partial charge in [0.2, 0.25) is 0 Å². The third-order valence-corrected chi connectivity index (χ3v) is 10.6. The first-order chi connectivity index (χ1) is 17.5. The van der Waals surface area contributed by atoms with Crippen LogP contribution in [0.3, 0.4) is 0 Å². The predicted molar refractivity (Wildman–Crippen MR) is 150 cm³/mol. The van der Waals surface area contributed by atoms with E-state index in [2.05, 4.69) is 93.6 Å². The molecular formula is C34H44BrNO. The molecule has 0 N–H and O–H groups in total. The zero-order chi connectivity index (χ0) is 24.8. The number of nitrogens with zero attached hydrogens (tertiary/aromatic N) is 1. The van der Waals surface area contributed by atoms with E-state index in [0.29, 0.717) is 5.92 Å². The molecule has 3 aliphatic rings. The standard InChI is InChI=1S/C34H44NO.BrH/c1-4-5-6-12-22-36-34(29-17-8-7-9-18-29)25-35(23-26(2)31-20-21-32(34)33(31,35)3)24-28-16-13-15-27-14-10-11-19-30(27)28;/h7-11,13-19,26,31-32H,4-6,12,20-25H2,1-3H3;1H/q+1;/p-1/t26-,31+,32+,33-,34+,35-;/m1./s1. The molecule has 0 unspecified atom stereocenters. The molecular weight excluding hydrogens is 518 g/mol. The molecule has 6 atom stereocenters. The topological polar surface area (TPSA) is 9.23 Å². The lowest BCUT2D eigenvalue weighted by molar-refractivity contribution is -0.968. The van der Waals surface area contributed by atoms with E-state index < -0.39 is 0 Å². The van der Waals surface area contributed by atoms with Crippen molar-refractivity contribution in [2.24, 2.45) is 17.8 Å². The number of halogens is 1. The Kier molecular flexibility index (Phi) is 7.62. The molecule has 198 valence electrons. The quantitative estimate of drug-likeness (QED) is 0.261. The van der Waals surface area contributed by atoms with E-state index in [1.165, 1.54) is 71.5 Å². The van der Waals surface area contributed by atoms with Crippen LogP contribution in [0.15, 0.2) is 72.8 Å².